The van der Waals surface area contributed by atoms with Crippen molar-refractivity contribution in [3.05, 3.63) is 81.9 Å². The van der Waals surface area contributed by atoms with Crippen LogP contribution in [0.25, 0.3) is 12.2 Å². The Morgan fingerprint density at radius 3 is 1.39 bits per heavy atom. The van der Waals surface area contributed by atoms with Gasteiger partial charge in [-0.25, -0.2) is 0 Å². The standard InChI is InChI=1S/C22H22Cl2N2O2/c23-19-9-3-17(4-10-19)7-13-21(27)25-15-1-2-16-26-22(28)14-8-18-5-11-20(24)12-6-18/h3-14H,1-2,15-16H2,(H,25,27)(H,26,28)/b13-7+,14-8+. The van der Waals surface area contributed by atoms with Gasteiger partial charge in [-0.2, -0.15) is 0 Å². The predicted octanol–water partition coefficient (Wildman–Crippen LogP) is 4.73. The highest BCUT2D eigenvalue weighted by Gasteiger charge is 1.98. The number of rotatable bonds is 9. The maximum Gasteiger partial charge on any atom is 0.243 e. The van der Waals surface area contributed by atoms with Gasteiger partial charge in [-0.15, -0.1) is 0 Å². The summed E-state index contributed by atoms with van der Waals surface area (Å²) in [5, 5.41) is 6.95. The van der Waals surface area contributed by atoms with Crippen LogP contribution in [0.3, 0.4) is 0 Å². The highest BCUT2D eigenvalue weighted by atomic mass is 35.5. The Balaban J connectivity index is 1.56. The topological polar surface area (TPSA) is 58.2 Å². The average molecular weight is 417 g/mol. The second-order valence-electron chi connectivity index (χ2n) is 6.06. The number of carbonyl (C=O) groups excluding carboxylic acids is 2. The van der Waals surface area contributed by atoms with E-state index in [9.17, 15) is 9.59 Å². The smallest absolute Gasteiger partial charge is 0.243 e. The van der Waals surface area contributed by atoms with E-state index in [1.807, 2.05) is 24.3 Å². The highest BCUT2D eigenvalue weighted by molar-refractivity contribution is 6.30. The van der Waals surface area contributed by atoms with E-state index in [4.69, 9.17) is 23.2 Å². The zero-order chi connectivity index (χ0) is 20.2. The van der Waals surface area contributed by atoms with Crippen LogP contribution in [-0.2, 0) is 9.59 Å². The lowest BCUT2D eigenvalue weighted by Gasteiger charge is -2.04. The van der Waals surface area contributed by atoms with Crippen LogP contribution in [0.2, 0.25) is 10.0 Å². The van der Waals surface area contributed by atoms with Crippen LogP contribution in [0, 0.1) is 0 Å². The lowest BCUT2D eigenvalue weighted by Crippen LogP contribution is -2.25. The van der Waals surface area contributed by atoms with Gasteiger partial charge in [-0.05, 0) is 60.4 Å². The van der Waals surface area contributed by atoms with Crippen LogP contribution < -0.4 is 10.6 Å². The minimum Gasteiger partial charge on any atom is -0.353 e. The number of unbranched alkanes of at least 4 members (excludes halogenated alkanes) is 1. The number of halogens is 2. The van der Waals surface area contributed by atoms with E-state index in [0.29, 0.717) is 23.1 Å². The Morgan fingerprint density at radius 2 is 1.04 bits per heavy atom. The fourth-order valence-corrected chi connectivity index (χ4v) is 2.53. The summed E-state index contributed by atoms with van der Waals surface area (Å²) in [6.07, 6.45) is 8.01. The summed E-state index contributed by atoms with van der Waals surface area (Å²) in [4.78, 5) is 23.5. The molecule has 2 aromatic carbocycles. The van der Waals surface area contributed by atoms with Crippen LogP contribution in [0.4, 0.5) is 0 Å². The van der Waals surface area contributed by atoms with Crippen molar-refractivity contribution in [1.29, 1.82) is 0 Å². The molecule has 0 aliphatic rings. The van der Waals surface area contributed by atoms with Gasteiger partial charge in [0.25, 0.3) is 0 Å². The van der Waals surface area contributed by atoms with Crippen LogP contribution >= 0.6 is 23.2 Å². The molecule has 0 aliphatic carbocycles. The molecule has 28 heavy (non-hydrogen) atoms. The molecule has 0 heterocycles. The summed E-state index contributed by atoms with van der Waals surface area (Å²) < 4.78 is 0. The summed E-state index contributed by atoms with van der Waals surface area (Å²) in [6.45, 7) is 1.11. The summed E-state index contributed by atoms with van der Waals surface area (Å²) >= 11 is 11.6. The van der Waals surface area contributed by atoms with Gasteiger partial charge < -0.3 is 10.6 Å². The molecule has 0 bridgehead atoms. The normalized spacial score (nSPS) is 11.1. The van der Waals surface area contributed by atoms with E-state index in [1.165, 1.54) is 12.2 Å². The van der Waals surface area contributed by atoms with Crippen molar-refractivity contribution in [2.24, 2.45) is 0 Å². The van der Waals surface area contributed by atoms with Crippen molar-refractivity contribution in [3.8, 4) is 0 Å². The van der Waals surface area contributed by atoms with Crippen molar-refractivity contribution in [1.82, 2.24) is 10.6 Å². The van der Waals surface area contributed by atoms with Crippen LogP contribution in [-0.4, -0.2) is 24.9 Å². The third kappa shape index (κ3) is 8.89. The highest BCUT2D eigenvalue weighted by Crippen LogP contribution is 2.11. The maximum atomic E-state index is 11.8. The molecule has 0 saturated carbocycles. The Hall–Kier alpha value is -2.56. The second kappa shape index (κ2) is 12.0. The molecule has 0 saturated heterocycles. The fraction of sp³-hybridized carbons (Fsp3) is 0.182. The summed E-state index contributed by atoms with van der Waals surface area (Å²) in [6, 6.07) is 14.5. The van der Waals surface area contributed by atoms with E-state index in [1.54, 1.807) is 36.4 Å². The van der Waals surface area contributed by atoms with Crippen molar-refractivity contribution < 1.29 is 9.59 Å². The fourth-order valence-electron chi connectivity index (χ4n) is 2.28. The molecule has 0 unspecified atom stereocenters. The van der Waals surface area contributed by atoms with Gasteiger partial charge >= 0.3 is 0 Å². The van der Waals surface area contributed by atoms with Gasteiger partial charge in [0.05, 0.1) is 0 Å². The average Bonchev–Trinajstić information content (AvgIpc) is 2.69. The Morgan fingerprint density at radius 1 is 0.679 bits per heavy atom. The molecule has 2 N–H and O–H groups in total. The molecule has 2 aromatic rings. The zero-order valence-electron chi connectivity index (χ0n) is 15.3. The molecule has 2 rings (SSSR count). The largest absolute Gasteiger partial charge is 0.353 e. The molecule has 2 amide bonds. The Bertz CT molecular complexity index is 757. The molecular weight excluding hydrogens is 395 g/mol. The quantitative estimate of drug-likeness (QED) is 0.458. The lowest BCUT2D eigenvalue weighted by molar-refractivity contribution is -0.117. The first-order chi connectivity index (χ1) is 13.5. The first-order valence-corrected chi connectivity index (χ1v) is 9.71. The lowest BCUT2D eigenvalue weighted by atomic mass is 10.2. The number of hydrogen-bond donors (Lipinski definition) is 2. The molecule has 146 valence electrons. The van der Waals surface area contributed by atoms with Crippen molar-refractivity contribution >= 4 is 47.2 Å². The van der Waals surface area contributed by atoms with E-state index < -0.39 is 0 Å². The van der Waals surface area contributed by atoms with Gasteiger partial charge in [0.1, 0.15) is 0 Å². The van der Waals surface area contributed by atoms with Gasteiger partial charge in [-0.3, -0.25) is 9.59 Å². The van der Waals surface area contributed by atoms with Gasteiger partial charge in [0.15, 0.2) is 0 Å². The number of hydrogen-bond acceptors (Lipinski definition) is 2. The van der Waals surface area contributed by atoms with E-state index in [-0.39, 0.29) is 11.8 Å². The van der Waals surface area contributed by atoms with Gasteiger partial charge in [0, 0.05) is 35.3 Å². The Kier molecular flexibility index (Phi) is 9.32. The van der Waals surface area contributed by atoms with E-state index in [2.05, 4.69) is 10.6 Å². The van der Waals surface area contributed by atoms with Crippen molar-refractivity contribution in [3.63, 3.8) is 0 Å². The summed E-state index contributed by atoms with van der Waals surface area (Å²) in [5.74, 6) is -0.297. The van der Waals surface area contributed by atoms with Crippen LogP contribution in [0.1, 0.15) is 24.0 Å². The molecular formula is C22H22Cl2N2O2. The van der Waals surface area contributed by atoms with Gasteiger partial charge in [0.2, 0.25) is 11.8 Å². The third-order valence-electron chi connectivity index (χ3n) is 3.80. The summed E-state index contributed by atoms with van der Waals surface area (Å²) in [5.41, 5.74) is 1.82. The minimum absolute atomic E-state index is 0.148. The van der Waals surface area contributed by atoms with Crippen LogP contribution in [0.15, 0.2) is 60.7 Å². The van der Waals surface area contributed by atoms with Crippen molar-refractivity contribution in [2.45, 2.75) is 12.8 Å². The van der Waals surface area contributed by atoms with E-state index in [0.717, 1.165) is 24.0 Å². The molecule has 0 atom stereocenters. The molecule has 0 fully saturated rings. The monoisotopic (exact) mass is 416 g/mol. The van der Waals surface area contributed by atoms with E-state index >= 15 is 0 Å². The van der Waals surface area contributed by atoms with Crippen LogP contribution in [0.5, 0.6) is 0 Å². The SMILES string of the molecule is O=C(/C=C/c1ccc(Cl)cc1)NCCCCNC(=O)/C=C/c1ccc(Cl)cc1. The zero-order valence-corrected chi connectivity index (χ0v) is 16.8. The number of carbonyl (C=O) groups is 2. The number of nitrogens with one attached hydrogen (secondary N) is 2. The molecule has 0 aliphatic heterocycles. The number of benzene rings is 2. The van der Waals surface area contributed by atoms with Gasteiger partial charge in [-0.1, -0.05) is 47.5 Å². The maximum absolute atomic E-state index is 11.8. The second-order valence-corrected chi connectivity index (χ2v) is 6.93. The first-order valence-electron chi connectivity index (χ1n) is 8.96. The molecule has 6 heteroatoms. The van der Waals surface area contributed by atoms with Crippen molar-refractivity contribution in [2.75, 3.05) is 13.1 Å². The minimum atomic E-state index is -0.148. The molecule has 0 radical (unpaired) electrons. The predicted molar refractivity (Wildman–Crippen MR) is 116 cm³/mol. The molecule has 4 nitrogen and oxygen atoms in total. The molecule has 0 spiro atoms. The number of amides is 2. The third-order valence-corrected chi connectivity index (χ3v) is 4.30. The summed E-state index contributed by atoms with van der Waals surface area (Å²) in [7, 11) is 0. The molecule has 0 aromatic heterocycles. The first kappa shape index (κ1) is 21.7. The Labute approximate surface area is 175 Å².